The van der Waals surface area contributed by atoms with Crippen LogP contribution in [0.1, 0.15) is 0 Å². The van der Waals surface area contributed by atoms with Gasteiger partial charge in [-0.25, -0.2) is 0 Å². The molecule has 0 nitrogen and oxygen atoms in total. The molecule has 1 heterocycles. The van der Waals surface area contributed by atoms with Gasteiger partial charge >= 0.3 is 0 Å². The number of fused-ring (bicyclic) bond motifs is 5. The molecule has 0 unspecified atom stereocenters. The average Bonchev–Trinajstić information content (AvgIpc) is 2.93. The van der Waals surface area contributed by atoms with Gasteiger partial charge in [0.15, 0.2) is 0 Å². The Morgan fingerprint density at radius 3 is 2.17 bits per heavy atom. The first kappa shape index (κ1) is 14.2. The van der Waals surface area contributed by atoms with Crippen LogP contribution in [-0.4, -0.2) is 0 Å². The van der Waals surface area contributed by atoms with Crippen molar-refractivity contribution in [1.29, 1.82) is 0 Å². The van der Waals surface area contributed by atoms with Crippen molar-refractivity contribution >= 4 is 44.5 Å². The molecule has 0 amide bonds. The van der Waals surface area contributed by atoms with Crippen LogP contribution in [0.4, 0.5) is 0 Å². The van der Waals surface area contributed by atoms with E-state index in [1.807, 2.05) is 0 Å². The summed E-state index contributed by atoms with van der Waals surface area (Å²) in [6.07, 6.45) is 0. The van der Waals surface area contributed by atoms with Gasteiger partial charge < -0.3 is 0 Å². The van der Waals surface area contributed by atoms with Crippen molar-refractivity contribution in [3.8, 4) is 11.1 Å². The first-order chi connectivity index (χ1) is 11.8. The lowest BCUT2D eigenvalue weighted by Crippen LogP contribution is -2.20. The number of hydrogen-bond donors (Lipinski definition) is 0. The highest BCUT2D eigenvalue weighted by Gasteiger charge is 2.37. The molecule has 0 fully saturated rings. The molecule has 4 aromatic rings. The summed E-state index contributed by atoms with van der Waals surface area (Å²) < 4.78 is 0. The van der Waals surface area contributed by atoms with Crippen molar-refractivity contribution in [3.05, 3.63) is 91.0 Å². The van der Waals surface area contributed by atoms with Crippen molar-refractivity contribution in [3.63, 3.8) is 0 Å². The quantitative estimate of drug-likeness (QED) is 0.402. The van der Waals surface area contributed by atoms with Crippen molar-refractivity contribution in [2.75, 3.05) is 0 Å². The summed E-state index contributed by atoms with van der Waals surface area (Å²) in [6, 6.07) is 30.5. The second kappa shape index (κ2) is 5.14. The maximum Gasteiger partial charge on any atom is 0.0397 e. The van der Waals surface area contributed by atoms with Crippen LogP contribution in [0, 0.1) is 0 Å². The third-order valence-electron chi connectivity index (χ3n) is 4.87. The van der Waals surface area contributed by atoms with E-state index in [9.17, 15) is 0 Å². The van der Waals surface area contributed by atoms with Crippen molar-refractivity contribution in [2.24, 2.45) is 0 Å². The molecule has 0 spiro atoms. The molecular formula is C22H15PS. The van der Waals surface area contributed by atoms with E-state index in [1.165, 1.54) is 37.8 Å². The Bertz CT molecular complexity index is 1130. The summed E-state index contributed by atoms with van der Waals surface area (Å²) in [4.78, 5) is 0. The molecule has 1 aliphatic rings. The van der Waals surface area contributed by atoms with Crippen molar-refractivity contribution < 1.29 is 0 Å². The molecule has 0 aliphatic carbocycles. The highest BCUT2D eigenvalue weighted by Crippen LogP contribution is 2.53. The molecule has 4 aromatic carbocycles. The van der Waals surface area contributed by atoms with E-state index >= 15 is 0 Å². The van der Waals surface area contributed by atoms with Gasteiger partial charge in [-0.15, -0.1) is 0 Å². The van der Waals surface area contributed by atoms with Gasteiger partial charge in [0.05, 0.1) is 0 Å². The molecule has 1 atom stereocenters. The summed E-state index contributed by atoms with van der Waals surface area (Å²) in [5.41, 5.74) is 2.63. The second-order valence-electron chi connectivity index (χ2n) is 6.14. The molecule has 0 N–H and O–H groups in total. The minimum Gasteiger partial charge on any atom is -0.0825 e. The van der Waals surface area contributed by atoms with Gasteiger partial charge in [-0.1, -0.05) is 103 Å². The van der Waals surface area contributed by atoms with Gasteiger partial charge in [0.25, 0.3) is 0 Å². The van der Waals surface area contributed by atoms with E-state index in [1.54, 1.807) is 0 Å². The van der Waals surface area contributed by atoms with Crippen LogP contribution in [0.2, 0.25) is 0 Å². The standard InChI is InChI=1S/C22H15PS/c24-23(17-9-2-1-3-10-17)21-13-7-6-12-19(21)20-15-14-16-8-4-5-11-18(16)22(20)23/h1-15H/t23-/m1/s1. The van der Waals surface area contributed by atoms with Crippen molar-refractivity contribution in [2.45, 2.75) is 0 Å². The van der Waals surface area contributed by atoms with Crippen LogP contribution in [0.25, 0.3) is 21.9 Å². The van der Waals surface area contributed by atoms with E-state index < -0.39 is 6.04 Å². The Morgan fingerprint density at radius 2 is 1.29 bits per heavy atom. The van der Waals surface area contributed by atoms with Crippen LogP contribution in [0.15, 0.2) is 91.0 Å². The van der Waals surface area contributed by atoms with Gasteiger partial charge in [-0.2, -0.15) is 0 Å². The SMILES string of the molecule is S=[P@]1(c2ccccc2)c2ccccc2-c2ccc3ccccc3c21. The van der Waals surface area contributed by atoms with Crippen LogP contribution in [-0.2, 0) is 11.8 Å². The monoisotopic (exact) mass is 342 g/mol. The zero-order valence-corrected chi connectivity index (χ0v) is 14.7. The molecule has 2 heteroatoms. The van der Waals surface area contributed by atoms with Gasteiger partial charge in [0.1, 0.15) is 0 Å². The van der Waals surface area contributed by atoms with E-state index in [0.717, 1.165) is 0 Å². The van der Waals surface area contributed by atoms with Gasteiger partial charge in [0, 0.05) is 16.6 Å². The average molecular weight is 342 g/mol. The topological polar surface area (TPSA) is 0 Å². The third-order valence-corrected chi connectivity index (χ3v) is 9.84. The van der Waals surface area contributed by atoms with Gasteiger partial charge in [-0.3, -0.25) is 0 Å². The first-order valence-electron chi connectivity index (χ1n) is 8.08. The molecule has 24 heavy (non-hydrogen) atoms. The predicted molar refractivity (Wildman–Crippen MR) is 109 cm³/mol. The molecule has 114 valence electrons. The van der Waals surface area contributed by atoms with Crippen LogP contribution >= 0.6 is 6.04 Å². The Kier molecular flexibility index (Phi) is 3.03. The molecule has 0 aromatic heterocycles. The van der Waals surface area contributed by atoms with Gasteiger partial charge in [0.2, 0.25) is 0 Å². The first-order valence-corrected chi connectivity index (χ1v) is 10.9. The summed E-state index contributed by atoms with van der Waals surface area (Å²) in [5, 5.41) is 6.55. The Hall–Kier alpha value is -2.21. The molecule has 5 rings (SSSR count). The fourth-order valence-electron chi connectivity index (χ4n) is 3.81. The van der Waals surface area contributed by atoms with Crippen LogP contribution in [0.3, 0.4) is 0 Å². The minimum atomic E-state index is -2.01. The summed E-state index contributed by atoms with van der Waals surface area (Å²) in [6.45, 7) is 0. The fourth-order valence-corrected chi connectivity index (χ4v) is 8.52. The zero-order chi connectivity index (χ0) is 16.1. The summed E-state index contributed by atoms with van der Waals surface area (Å²) in [7, 11) is 0. The summed E-state index contributed by atoms with van der Waals surface area (Å²) >= 11 is 6.48. The zero-order valence-electron chi connectivity index (χ0n) is 13.0. The maximum absolute atomic E-state index is 6.48. The van der Waals surface area contributed by atoms with E-state index in [2.05, 4.69) is 91.0 Å². The highest BCUT2D eigenvalue weighted by atomic mass is 32.4. The fraction of sp³-hybridized carbons (Fsp3) is 0. The van der Waals surface area contributed by atoms with E-state index in [-0.39, 0.29) is 0 Å². The second-order valence-corrected chi connectivity index (χ2v) is 10.5. The van der Waals surface area contributed by atoms with Crippen molar-refractivity contribution in [1.82, 2.24) is 0 Å². The largest absolute Gasteiger partial charge is 0.0825 e. The van der Waals surface area contributed by atoms with E-state index in [0.29, 0.717) is 0 Å². The van der Waals surface area contributed by atoms with Gasteiger partial charge in [-0.05, 0) is 27.2 Å². The maximum atomic E-state index is 6.48. The molecular weight excluding hydrogens is 327 g/mol. The van der Waals surface area contributed by atoms with E-state index in [4.69, 9.17) is 11.8 Å². The molecule has 1 aliphatic heterocycles. The normalized spacial score (nSPS) is 18.3. The smallest absolute Gasteiger partial charge is 0.0397 e. The Labute approximate surface area is 146 Å². The Morgan fingerprint density at radius 1 is 0.583 bits per heavy atom. The number of rotatable bonds is 1. The third kappa shape index (κ3) is 1.77. The molecule has 0 bridgehead atoms. The lowest BCUT2D eigenvalue weighted by molar-refractivity contribution is 1.72. The Balaban J connectivity index is 2.00. The number of hydrogen-bond acceptors (Lipinski definition) is 1. The predicted octanol–water partition coefficient (Wildman–Crippen LogP) is 4.58. The highest BCUT2D eigenvalue weighted by molar-refractivity contribution is 8.26. The van der Waals surface area contributed by atoms with Crippen LogP contribution in [0.5, 0.6) is 0 Å². The number of benzene rings is 4. The lowest BCUT2D eigenvalue weighted by Gasteiger charge is -2.21. The molecule has 0 saturated heterocycles. The summed E-state index contributed by atoms with van der Waals surface area (Å²) in [5.74, 6) is 0. The lowest BCUT2D eigenvalue weighted by atomic mass is 10.0. The minimum absolute atomic E-state index is 1.27. The molecule has 0 saturated carbocycles. The van der Waals surface area contributed by atoms with Crippen LogP contribution < -0.4 is 15.9 Å². The molecule has 0 radical (unpaired) electrons.